The zero-order chi connectivity index (χ0) is 15.6. The van der Waals surface area contributed by atoms with E-state index in [2.05, 4.69) is 15.5 Å². The van der Waals surface area contributed by atoms with Gasteiger partial charge in [-0.05, 0) is 56.5 Å². The Morgan fingerprint density at radius 2 is 1.81 bits per heavy atom. The van der Waals surface area contributed by atoms with Crippen LogP contribution >= 0.6 is 0 Å². The fourth-order valence-corrected chi connectivity index (χ4v) is 2.11. The summed E-state index contributed by atoms with van der Waals surface area (Å²) in [5.74, 6) is -0.209. The number of aromatic nitrogens is 2. The maximum absolute atomic E-state index is 12.5. The molecule has 0 aliphatic rings. The number of nitrogen functional groups attached to an aromatic ring is 1. The topological polar surface area (TPSA) is 80.9 Å². The van der Waals surface area contributed by atoms with Crippen LogP contribution < -0.4 is 11.1 Å². The first-order valence-corrected chi connectivity index (χ1v) is 6.93. The average molecular weight is 284 g/mol. The van der Waals surface area contributed by atoms with Crippen LogP contribution in [0.25, 0.3) is 0 Å². The molecule has 0 aliphatic carbocycles. The number of carbonyl (C=O) groups is 1. The molecule has 0 atom stereocenters. The van der Waals surface area contributed by atoms with Crippen LogP contribution in [0, 0.1) is 20.8 Å². The summed E-state index contributed by atoms with van der Waals surface area (Å²) < 4.78 is 0. The summed E-state index contributed by atoms with van der Waals surface area (Å²) in [6.45, 7) is 7.73. The van der Waals surface area contributed by atoms with Crippen molar-refractivity contribution in [2.75, 3.05) is 11.1 Å². The number of benzene rings is 1. The van der Waals surface area contributed by atoms with E-state index in [1.54, 1.807) is 6.07 Å². The molecular weight excluding hydrogens is 264 g/mol. The minimum absolute atomic E-state index is 0.209. The number of carbonyl (C=O) groups excluding carboxylic acids is 1. The summed E-state index contributed by atoms with van der Waals surface area (Å²) in [5.41, 5.74) is 11.3. The SMILES string of the molecule is CCc1nnc(C)cc1C(=O)Nc1cc(C)c(C)cc1N. The third-order valence-electron chi connectivity index (χ3n) is 3.49. The van der Waals surface area contributed by atoms with Crippen molar-refractivity contribution in [2.24, 2.45) is 0 Å². The molecule has 110 valence electrons. The molecule has 2 aromatic rings. The van der Waals surface area contributed by atoms with E-state index >= 15 is 0 Å². The van der Waals surface area contributed by atoms with Gasteiger partial charge < -0.3 is 11.1 Å². The number of nitrogens with zero attached hydrogens (tertiary/aromatic N) is 2. The maximum atomic E-state index is 12.5. The Morgan fingerprint density at radius 1 is 1.14 bits per heavy atom. The number of amides is 1. The molecule has 1 aromatic carbocycles. The highest BCUT2D eigenvalue weighted by molar-refractivity contribution is 6.06. The first-order valence-electron chi connectivity index (χ1n) is 6.93. The zero-order valence-electron chi connectivity index (χ0n) is 12.8. The summed E-state index contributed by atoms with van der Waals surface area (Å²) in [4.78, 5) is 12.5. The summed E-state index contributed by atoms with van der Waals surface area (Å²) in [5, 5.41) is 10.9. The van der Waals surface area contributed by atoms with Gasteiger partial charge in [0.05, 0.1) is 28.3 Å². The van der Waals surface area contributed by atoms with Crippen LogP contribution in [0.2, 0.25) is 0 Å². The molecule has 21 heavy (non-hydrogen) atoms. The fourth-order valence-electron chi connectivity index (χ4n) is 2.11. The predicted molar refractivity (Wildman–Crippen MR) is 84.4 cm³/mol. The molecule has 3 N–H and O–H groups in total. The Labute approximate surface area is 124 Å². The first-order chi connectivity index (χ1) is 9.92. The Morgan fingerprint density at radius 3 is 2.48 bits per heavy atom. The van der Waals surface area contributed by atoms with Crippen molar-refractivity contribution < 1.29 is 4.79 Å². The van der Waals surface area contributed by atoms with Crippen LogP contribution in [0.3, 0.4) is 0 Å². The van der Waals surface area contributed by atoms with Crippen LogP contribution in [0.4, 0.5) is 11.4 Å². The smallest absolute Gasteiger partial charge is 0.257 e. The largest absolute Gasteiger partial charge is 0.397 e. The molecule has 1 aromatic heterocycles. The first kappa shape index (κ1) is 15.0. The number of rotatable bonds is 3. The highest BCUT2D eigenvalue weighted by Gasteiger charge is 2.14. The number of aryl methyl sites for hydroxylation is 4. The van der Waals surface area contributed by atoms with Crippen molar-refractivity contribution in [3.63, 3.8) is 0 Å². The van der Waals surface area contributed by atoms with Gasteiger partial charge in [-0.3, -0.25) is 4.79 Å². The molecule has 1 heterocycles. The Kier molecular flexibility index (Phi) is 4.21. The normalized spacial score (nSPS) is 10.5. The molecule has 5 heteroatoms. The lowest BCUT2D eigenvalue weighted by atomic mass is 10.1. The van der Waals surface area contributed by atoms with E-state index in [-0.39, 0.29) is 5.91 Å². The number of anilines is 2. The van der Waals surface area contributed by atoms with Crippen molar-refractivity contribution in [1.82, 2.24) is 10.2 Å². The van der Waals surface area contributed by atoms with Gasteiger partial charge in [0.1, 0.15) is 0 Å². The lowest BCUT2D eigenvalue weighted by molar-refractivity contribution is 0.102. The monoisotopic (exact) mass is 284 g/mol. The van der Waals surface area contributed by atoms with Gasteiger partial charge in [-0.2, -0.15) is 10.2 Å². The Balaban J connectivity index is 2.34. The lowest BCUT2D eigenvalue weighted by Crippen LogP contribution is -2.17. The van der Waals surface area contributed by atoms with Gasteiger partial charge in [0, 0.05) is 0 Å². The second-order valence-corrected chi connectivity index (χ2v) is 5.18. The van der Waals surface area contributed by atoms with Gasteiger partial charge in [-0.15, -0.1) is 0 Å². The highest BCUT2D eigenvalue weighted by Crippen LogP contribution is 2.24. The summed E-state index contributed by atoms with van der Waals surface area (Å²) in [6.07, 6.45) is 0.651. The maximum Gasteiger partial charge on any atom is 0.257 e. The minimum atomic E-state index is -0.209. The number of hydrogen-bond donors (Lipinski definition) is 2. The van der Waals surface area contributed by atoms with Crippen LogP contribution in [-0.4, -0.2) is 16.1 Å². The molecule has 0 radical (unpaired) electrons. The van der Waals surface area contributed by atoms with Gasteiger partial charge in [-0.1, -0.05) is 6.92 Å². The molecular formula is C16H20N4O. The van der Waals surface area contributed by atoms with E-state index in [0.717, 1.165) is 11.1 Å². The number of nitrogens with two attached hydrogens (primary N) is 1. The number of hydrogen-bond acceptors (Lipinski definition) is 4. The Hall–Kier alpha value is -2.43. The molecule has 0 aliphatic heterocycles. The standard InChI is InChI=1S/C16H20N4O/c1-5-14-12(8-11(4)19-20-14)16(21)18-15-7-10(3)9(2)6-13(15)17/h6-8H,5,17H2,1-4H3,(H,18,21). The molecule has 0 fully saturated rings. The van der Waals surface area contributed by atoms with Crippen LogP contribution in [0.1, 0.15) is 39.8 Å². The van der Waals surface area contributed by atoms with Gasteiger partial charge in [0.15, 0.2) is 0 Å². The van der Waals surface area contributed by atoms with Gasteiger partial charge in [0.2, 0.25) is 0 Å². The van der Waals surface area contributed by atoms with Crippen LogP contribution in [-0.2, 0) is 6.42 Å². The predicted octanol–water partition coefficient (Wildman–Crippen LogP) is 2.80. The molecule has 2 rings (SSSR count). The molecule has 1 amide bonds. The third-order valence-corrected chi connectivity index (χ3v) is 3.49. The molecule has 5 nitrogen and oxygen atoms in total. The average Bonchev–Trinajstić information content (AvgIpc) is 2.44. The fraction of sp³-hybridized carbons (Fsp3) is 0.312. The van der Waals surface area contributed by atoms with Gasteiger partial charge in [-0.25, -0.2) is 0 Å². The third kappa shape index (κ3) is 3.18. The van der Waals surface area contributed by atoms with E-state index in [1.807, 2.05) is 39.8 Å². The molecule has 0 saturated heterocycles. The summed E-state index contributed by atoms with van der Waals surface area (Å²) in [7, 11) is 0. The lowest BCUT2D eigenvalue weighted by Gasteiger charge is -2.12. The van der Waals surface area contributed by atoms with E-state index in [1.165, 1.54) is 0 Å². The highest BCUT2D eigenvalue weighted by atomic mass is 16.1. The van der Waals surface area contributed by atoms with Crippen molar-refractivity contribution >= 4 is 17.3 Å². The van der Waals surface area contributed by atoms with E-state index in [9.17, 15) is 4.79 Å². The molecule has 0 saturated carbocycles. The van der Waals surface area contributed by atoms with E-state index < -0.39 is 0 Å². The summed E-state index contributed by atoms with van der Waals surface area (Å²) in [6, 6.07) is 5.50. The van der Waals surface area contributed by atoms with Crippen molar-refractivity contribution in [3.8, 4) is 0 Å². The number of nitrogens with one attached hydrogen (secondary N) is 1. The van der Waals surface area contributed by atoms with Crippen LogP contribution in [0.5, 0.6) is 0 Å². The Bertz CT molecular complexity index is 695. The van der Waals surface area contributed by atoms with Gasteiger partial charge >= 0.3 is 0 Å². The van der Waals surface area contributed by atoms with E-state index in [0.29, 0.717) is 34.7 Å². The second kappa shape index (κ2) is 5.91. The summed E-state index contributed by atoms with van der Waals surface area (Å²) >= 11 is 0. The van der Waals surface area contributed by atoms with E-state index in [4.69, 9.17) is 5.73 Å². The molecule has 0 spiro atoms. The van der Waals surface area contributed by atoms with Crippen LogP contribution in [0.15, 0.2) is 18.2 Å². The van der Waals surface area contributed by atoms with Crippen molar-refractivity contribution in [1.29, 1.82) is 0 Å². The minimum Gasteiger partial charge on any atom is -0.397 e. The molecule has 0 bridgehead atoms. The van der Waals surface area contributed by atoms with Gasteiger partial charge in [0.25, 0.3) is 5.91 Å². The quantitative estimate of drug-likeness (QED) is 0.849. The second-order valence-electron chi connectivity index (χ2n) is 5.18. The van der Waals surface area contributed by atoms with Crippen molar-refractivity contribution in [3.05, 3.63) is 46.3 Å². The van der Waals surface area contributed by atoms with Crippen molar-refractivity contribution in [2.45, 2.75) is 34.1 Å². The molecule has 0 unspecified atom stereocenters. The zero-order valence-corrected chi connectivity index (χ0v) is 12.8.